The molecule has 1 N–H and O–H groups in total. The Morgan fingerprint density at radius 3 is 2.88 bits per heavy atom. The molecule has 132 valence electrons. The van der Waals surface area contributed by atoms with Crippen LogP contribution in [-0.2, 0) is 9.59 Å². The molecule has 2 heterocycles. The van der Waals surface area contributed by atoms with Crippen LogP contribution in [0.4, 0.5) is 0 Å². The van der Waals surface area contributed by atoms with Crippen molar-refractivity contribution in [3.63, 3.8) is 0 Å². The van der Waals surface area contributed by atoms with E-state index in [-0.39, 0.29) is 19.1 Å². The van der Waals surface area contributed by atoms with Crippen molar-refractivity contribution in [1.29, 1.82) is 0 Å². The number of carboxylic acid groups (broad SMARTS) is 1. The van der Waals surface area contributed by atoms with Crippen molar-refractivity contribution in [3.8, 4) is 11.5 Å². The molecule has 0 atom stereocenters. The van der Waals surface area contributed by atoms with Crippen LogP contribution in [0, 0.1) is 0 Å². The summed E-state index contributed by atoms with van der Waals surface area (Å²) in [6, 6.07) is 5.52. The minimum atomic E-state index is -0.794. The Balaban J connectivity index is 1.60. The van der Waals surface area contributed by atoms with Gasteiger partial charge in [0.2, 0.25) is 6.79 Å². The zero-order valence-electron chi connectivity index (χ0n) is 13.4. The van der Waals surface area contributed by atoms with E-state index < -0.39 is 5.97 Å². The molecule has 8 heteroatoms. The van der Waals surface area contributed by atoms with Crippen LogP contribution in [0.15, 0.2) is 23.1 Å². The van der Waals surface area contributed by atoms with Gasteiger partial charge in [-0.15, -0.1) is 0 Å². The number of carboxylic acids is 1. The van der Waals surface area contributed by atoms with E-state index in [0.717, 1.165) is 18.4 Å². The molecule has 1 fully saturated rings. The number of ether oxygens (including phenoxy) is 2. The number of carbonyl (C=O) groups excluding carboxylic acids is 1. The Morgan fingerprint density at radius 1 is 1.28 bits per heavy atom. The average molecular weight is 379 g/mol. The zero-order valence-corrected chi connectivity index (χ0v) is 15.0. The van der Waals surface area contributed by atoms with Gasteiger partial charge in [0.25, 0.3) is 5.91 Å². The van der Waals surface area contributed by atoms with Gasteiger partial charge in [-0.2, -0.15) is 0 Å². The number of thiocarbonyl (C=S) groups is 1. The second-order valence-electron chi connectivity index (χ2n) is 5.65. The van der Waals surface area contributed by atoms with Crippen molar-refractivity contribution in [3.05, 3.63) is 28.7 Å². The fraction of sp³-hybridized carbons (Fsp3) is 0.353. The lowest BCUT2D eigenvalue weighted by Crippen LogP contribution is -2.29. The van der Waals surface area contributed by atoms with Crippen molar-refractivity contribution in [2.24, 2.45) is 0 Å². The van der Waals surface area contributed by atoms with E-state index in [1.807, 2.05) is 18.2 Å². The van der Waals surface area contributed by atoms with Crippen molar-refractivity contribution in [2.45, 2.75) is 25.7 Å². The largest absolute Gasteiger partial charge is 0.481 e. The Bertz CT molecular complexity index is 747. The van der Waals surface area contributed by atoms with Gasteiger partial charge in [0, 0.05) is 13.0 Å². The average Bonchev–Trinajstić information content (AvgIpc) is 3.13. The van der Waals surface area contributed by atoms with Crippen LogP contribution in [0.3, 0.4) is 0 Å². The molecule has 1 saturated heterocycles. The molecule has 2 aliphatic heterocycles. The number of thioether (sulfide) groups is 1. The summed E-state index contributed by atoms with van der Waals surface area (Å²) in [6.45, 7) is 0.728. The molecule has 6 nitrogen and oxygen atoms in total. The van der Waals surface area contributed by atoms with Gasteiger partial charge in [0.1, 0.15) is 4.32 Å². The number of hydrogen-bond acceptors (Lipinski definition) is 6. The minimum Gasteiger partial charge on any atom is -0.481 e. The van der Waals surface area contributed by atoms with Gasteiger partial charge in [-0.05, 0) is 36.6 Å². The summed E-state index contributed by atoms with van der Waals surface area (Å²) >= 11 is 6.58. The SMILES string of the molecule is O=C(O)CCCCCN1C(=O)/C(=C/c2ccc3c(c2)OCO3)SC1=S. The minimum absolute atomic E-state index is 0.106. The van der Waals surface area contributed by atoms with Crippen LogP contribution in [0.25, 0.3) is 6.08 Å². The Labute approximate surface area is 154 Å². The van der Waals surface area contributed by atoms with Gasteiger partial charge < -0.3 is 14.6 Å². The van der Waals surface area contributed by atoms with E-state index in [1.54, 1.807) is 11.0 Å². The van der Waals surface area contributed by atoms with E-state index in [1.165, 1.54) is 11.8 Å². The number of nitrogens with zero attached hydrogens (tertiary/aromatic N) is 1. The lowest BCUT2D eigenvalue weighted by molar-refractivity contribution is -0.137. The van der Waals surface area contributed by atoms with Crippen molar-refractivity contribution in [1.82, 2.24) is 4.90 Å². The summed E-state index contributed by atoms with van der Waals surface area (Å²) in [4.78, 5) is 25.2. The van der Waals surface area contributed by atoms with Crippen LogP contribution in [0.5, 0.6) is 11.5 Å². The lowest BCUT2D eigenvalue weighted by Gasteiger charge is -2.13. The van der Waals surface area contributed by atoms with Gasteiger partial charge in [-0.3, -0.25) is 14.5 Å². The van der Waals surface area contributed by atoms with Crippen LogP contribution in [0.2, 0.25) is 0 Å². The van der Waals surface area contributed by atoms with Crippen molar-refractivity contribution >= 4 is 46.3 Å². The van der Waals surface area contributed by atoms with Crippen LogP contribution < -0.4 is 9.47 Å². The van der Waals surface area contributed by atoms with Crippen molar-refractivity contribution in [2.75, 3.05) is 13.3 Å². The van der Waals surface area contributed by atoms with Crippen LogP contribution in [-0.4, -0.2) is 39.5 Å². The standard InChI is InChI=1S/C17H17NO5S2/c19-15(20)4-2-1-3-7-18-16(21)14(25-17(18)24)9-11-5-6-12-13(8-11)23-10-22-12/h5-6,8-9H,1-4,7,10H2,(H,19,20)/b14-9-. The quantitative estimate of drug-likeness (QED) is 0.443. The molecular weight excluding hydrogens is 362 g/mol. The lowest BCUT2D eigenvalue weighted by atomic mass is 10.1. The Morgan fingerprint density at radius 2 is 2.08 bits per heavy atom. The Kier molecular flexibility index (Phi) is 5.60. The molecule has 25 heavy (non-hydrogen) atoms. The molecule has 0 bridgehead atoms. The fourth-order valence-corrected chi connectivity index (χ4v) is 3.88. The van der Waals surface area contributed by atoms with Crippen LogP contribution >= 0.6 is 24.0 Å². The first-order valence-corrected chi connectivity index (χ1v) is 9.14. The van der Waals surface area contributed by atoms with Gasteiger partial charge >= 0.3 is 5.97 Å². The predicted molar refractivity (Wildman–Crippen MR) is 98.5 cm³/mol. The number of hydrogen-bond donors (Lipinski definition) is 1. The smallest absolute Gasteiger partial charge is 0.303 e. The highest BCUT2D eigenvalue weighted by Crippen LogP contribution is 2.36. The second-order valence-corrected chi connectivity index (χ2v) is 7.33. The number of fused-ring (bicyclic) bond motifs is 1. The molecule has 1 aromatic carbocycles. The molecule has 2 aliphatic rings. The first-order valence-electron chi connectivity index (χ1n) is 7.91. The molecule has 0 spiro atoms. The van der Waals surface area contributed by atoms with Gasteiger partial charge in [-0.25, -0.2) is 0 Å². The summed E-state index contributed by atoms with van der Waals surface area (Å²) in [5, 5.41) is 8.63. The van der Waals surface area contributed by atoms with Crippen LogP contribution in [0.1, 0.15) is 31.2 Å². The number of aliphatic carboxylic acids is 1. The van der Waals surface area contributed by atoms with E-state index in [9.17, 15) is 9.59 Å². The zero-order chi connectivity index (χ0) is 17.8. The summed E-state index contributed by atoms with van der Waals surface area (Å²) < 4.78 is 11.2. The van der Waals surface area contributed by atoms with Gasteiger partial charge in [-0.1, -0.05) is 36.5 Å². The number of unbranched alkanes of at least 4 members (excludes halogenated alkanes) is 2. The molecule has 1 aromatic rings. The first kappa shape index (κ1) is 17.8. The summed E-state index contributed by atoms with van der Waals surface area (Å²) in [5.41, 5.74) is 0.853. The predicted octanol–water partition coefficient (Wildman–Crippen LogP) is 3.26. The molecule has 0 saturated carbocycles. The van der Waals surface area contributed by atoms with Crippen molar-refractivity contribution < 1.29 is 24.2 Å². The maximum Gasteiger partial charge on any atom is 0.303 e. The molecule has 0 unspecified atom stereocenters. The maximum atomic E-state index is 12.5. The third kappa shape index (κ3) is 4.32. The van der Waals surface area contributed by atoms with E-state index >= 15 is 0 Å². The summed E-state index contributed by atoms with van der Waals surface area (Å²) in [6.07, 6.45) is 4.05. The number of benzene rings is 1. The highest BCUT2D eigenvalue weighted by Gasteiger charge is 2.31. The van der Waals surface area contributed by atoms with Gasteiger partial charge in [0.15, 0.2) is 11.5 Å². The molecule has 1 amide bonds. The van der Waals surface area contributed by atoms with Gasteiger partial charge in [0.05, 0.1) is 4.91 Å². The third-order valence-electron chi connectivity index (χ3n) is 3.84. The first-order chi connectivity index (χ1) is 12.0. The molecule has 3 rings (SSSR count). The normalized spacial score (nSPS) is 17.6. The summed E-state index contributed by atoms with van der Waals surface area (Å²) in [5.74, 6) is 0.469. The van der Waals surface area contributed by atoms with E-state index in [2.05, 4.69) is 0 Å². The molecule has 0 aromatic heterocycles. The second kappa shape index (κ2) is 7.88. The summed E-state index contributed by atoms with van der Waals surface area (Å²) in [7, 11) is 0. The monoisotopic (exact) mass is 379 g/mol. The van der Waals surface area contributed by atoms with E-state index in [4.69, 9.17) is 26.8 Å². The molecular formula is C17H17NO5S2. The Hall–Kier alpha value is -2.06. The number of rotatable bonds is 7. The molecule has 0 aliphatic carbocycles. The highest BCUT2D eigenvalue weighted by molar-refractivity contribution is 8.26. The van der Waals surface area contributed by atoms with E-state index in [0.29, 0.717) is 33.7 Å². The number of carbonyl (C=O) groups is 2. The number of amides is 1. The molecule has 0 radical (unpaired) electrons. The maximum absolute atomic E-state index is 12.5. The highest BCUT2D eigenvalue weighted by atomic mass is 32.2. The topological polar surface area (TPSA) is 76.1 Å². The third-order valence-corrected chi connectivity index (χ3v) is 5.22. The fourth-order valence-electron chi connectivity index (χ4n) is 2.57.